The molecule has 1 aromatic carbocycles. The van der Waals surface area contributed by atoms with E-state index in [-0.39, 0.29) is 0 Å². The molecule has 4 heteroatoms. The van der Waals surface area contributed by atoms with Crippen LogP contribution in [0.4, 0.5) is 0 Å². The normalized spacial score (nSPS) is 11.1. The number of benzene rings is 1. The monoisotopic (exact) mass is 289 g/mol. The van der Waals surface area contributed by atoms with Gasteiger partial charge in [0.05, 0.1) is 5.69 Å². The summed E-state index contributed by atoms with van der Waals surface area (Å²) >= 11 is 1.27. The summed E-state index contributed by atoms with van der Waals surface area (Å²) in [5.41, 5.74) is 4.12. The van der Waals surface area contributed by atoms with Crippen LogP contribution in [0.3, 0.4) is 0 Å². The van der Waals surface area contributed by atoms with Gasteiger partial charge in [-0.25, -0.2) is 9.78 Å². The van der Waals surface area contributed by atoms with Gasteiger partial charge in [-0.15, -0.1) is 11.3 Å². The number of hydrogen-bond donors (Lipinski definition) is 1. The van der Waals surface area contributed by atoms with Crippen molar-refractivity contribution in [1.29, 1.82) is 0 Å². The molecular weight excluding hydrogens is 270 g/mol. The minimum Gasteiger partial charge on any atom is -0.477 e. The van der Waals surface area contributed by atoms with Gasteiger partial charge < -0.3 is 5.11 Å². The average Bonchev–Trinajstić information content (AvgIpc) is 2.76. The van der Waals surface area contributed by atoms with Crippen molar-refractivity contribution in [3.8, 4) is 10.6 Å². The molecule has 0 atom stereocenters. The minimum absolute atomic E-state index is 0.368. The standard InChI is InChI=1S/C16H19NO2S/c1-9(2)7-13-14(16(18)19)20-15(17-13)12-6-5-10(3)11(4)8-12/h5-6,8-9H,7H2,1-4H3,(H,18,19). The summed E-state index contributed by atoms with van der Waals surface area (Å²) in [6.07, 6.45) is 0.697. The molecule has 0 saturated heterocycles. The first-order valence-corrected chi connectivity index (χ1v) is 7.50. The molecule has 0 bridgehead atoms. The summed E-state index contributed by atoms with van der Waals surface area (Å²) in [5, 5.41) is 10.1. The molecular formula is C16H19NO2S. The molecule has 106 valence electrons. The molecule has 0 unspecified atom stereocenters. The first kappa shape index (κ1) is 14.7. The van der Waals surface area contributed by atoms with Crippen LogP contribution in [0.5, 0.6) is 0 Å². The molecule has 1 aromatic heterocycles. The van der Waals surface area contributed by atoms with Gasteiger partial charge in [0.1, 0.15) is 9.88 Å². The van der Waals surface area contributed by atoms with Crippen LogP contribution in [0, 0.1) is 19.8 Å². The van der Waals surface area contributed by atoms with Crippen molar-refractivity contribution in [2.24, 2.45) is 5.92 Å². The van der Waals surface area contributed by atoms with Gasteiger partial charge in [0, 0.05) is 5.56 Å². The van der Waals surface area contributed by atoms with Crippen molar-refractivity contribution in [3.63, 3.8) is 0 Å². The quantitative estimate of drug-likeness (QED) is 0.911. The maximum atomic E-state index is 11.3. The van der Waals surface area contributed by atoms with E-state index in [1.54, 1.807) is 0 Å². The molecule has 20 heavy (non-hydrogen) atoms. The first-order chi connectivity index (χ1) is 9.38. The van der Waals surface area contributed by atoms with Crippen LogP contribution in [0.1, 0.15) is 40.3 Å². The summed E-state index contributed by atoms with van der Waals surface area (Å²) in [7, 11) is 0. The number of carboxylic acids is 1. The summed E-state index contributed by atoms with van der Waals surface area (Å²) in [6, 6.07) is 6.12. The molecule has 0 saturated carbocycles. The largest absolute Gasteiger partial charge is 0.477 e. The number of aromatic nitrogens is 1. The second-order valence-corrected chi connectivity index (χ2v) is 6.50. The van der Waals surface area contributed by atoms with E-state index in [1.165, 1.54) is 22.5 Å². The topological polar surface area (TPSA) is 50.2 Å². The number of carboxylic acid groups (broad SMARTS) is 1. The van der Waals surface area contributed by atoms with Crippen molar-refractivity contribution in [1.82, 2.24) is 4.98 Å². The smallest absolute Gasteiger partial charge is 0.347 e. The highest BCUT2D eigenvalue weighted by Crippen LogP contribution is 2.30. The van der Waals surface area contributed by atoms with E-state index in [4.69, 9.17) is 0 Å². The lowest BCUT2D eigenvalue weighted by Crippen LogP contribution is -2.02. The zero-order valence-electron chi connectivity index (χ0n) is 12.2. The highest BCUT2D eigenvalue weighted by molar-refractivity contribution is 7.17. The van der Waals surface area contributed by atoms with E-state index < -0.39 is 5.97 Å². The SMILES string of the molecule is Cc1ccc(-c2nc(CC(C)C)c(C(=O)O)s2)cc1C. The lowest BCUT2D eigenvalue weighted by atomic mass is 10.1. The molecule has 2 aromatic rings. The summed E-state index contributed by atoms with van der Waals surface area (Å²) in [5.74, 6) is -0.490. The van der Waals surface area contributed by atoms with Crippen LogP contribution in [-0.2, 0) is 6.42 Å². The van der Waals surface area contributed by atoms with Crippen LogP contribution >= 0.6 is 11.3 Å². The van der Waals surface area contributed by atoms with Gasteiger partial charge in [-0.1, -0.05) is 26.0 Å². The van der Waals surface area contributed by atoms with Gasteiger partial charge in [-0.05, 0) is 43.4 Å². The molecule has 0 radical (unpaired) electrons. The summed E-state index contributed by atoms with van der Waals surface area (Å²) < 4.78 is 0. The molecule has 0 fully saturated rings. The maximum Gasteiger partial charge on any atom is 0.347 e. The fourth-order valence-corrected chi connectivity index (χ4v) is 2.97. The molecule has 0 aliphatic carbocycles. The Hall–Kier alpha value is -1.68. The lowest BCUT2D eigenvalue weighted by Gasteiger charge is -2.02. The fourth-order valence-electron chi connectivity index (χ4n) is 2.04. The van der Waals surface area contributed by atoms with Crippen molar-refractivity contribution in [2.45, 2.75) is 34.1 Å². The van der Waals surface area contributed by atoms with Gasteiger partial charge in [0.25, 0.3) is 0 Å². The Kier molecular flexibility index (Phi) is 4.23. The van der Waals surface area contributed by atoms with Gasteiger partial charge in [0.2, 0.25) is 0 Å². The van der Waals surface area contributed by atoms with E-state index in [9.17, 15) is 9.90 Å². The van der Waals surface area contributed by atoms with E-state index >= 15 is 0 Å². The third-order valence-electron chi connectivity index (χ3n) is 3.25. The van der Waals surface area contributed by atoms with E-state index in [1.807, 2.05) is 6.07 Å². The molecule has 0 aliphatic rings. The van der Waals surface area contributed by atoms with Gasteiger partial charge in [0.15, 0.2) is 0 Å². The van der Waals surface area contributed by atoms with Gasteiger partial charge >= 0.3 is 5.97 Å². The van der Waals surface area contributed by atoms with E-state index in [0.29, 0.717) is 22.9 Å². The second kappa shape index (κ2) is 5.75. The maximum absolute atomic E-state index is 11.3. The fraction of sp³-hybridized carbons (Fsp3) is 0.375. The molecule has 0 spiro atoms. The summed E-state index contributed by atoms with van der Waals surface area (Å²) in [4.78, 5) is 16.3. The number of thiazole rings is 1. The Morgan fingerprint density at radius 2 is 2.00 bits per heavy atom. The second-order valence-electron chi connectivity index (χ2n) is 5.50. The van der Waals surface area contributed by atoms with E-state index in [2.05, 4.69) is 44.8 Å². The lowest BCUT2D eigenvalue weighted by molar-refractivity contribution is 0.0700. The number of hydrogen-bond acceptors (Lipinski definition) is 3. The molecule has 2 rings (SSSR count). The Morgan fingerprint density at radius 1 is 1.30 bits per heavy atom. The van der Waals surface area contributed by atoms with Crippen LogP contribution in [0.2, 0.25) is 0 Å². The van der Waals surface area contributed by atoms with Crippen LogP contribution in [0.15, 0.2) is 18.2 Å². The van der Waals surface area contributed by atoms with E-state index in [0.717, 1.165) is 10.6 Å². The molecule has 3 nitrogen and oxygen atoms in total. The van der Waals surface area contributed by atoms with Crippen LogP contribution in [0.25, 0.3) is 10.6 Å². The molecule has 1 heterocycles. The third kappa shape index (κ3) is 3.07. The number of nitrogens with zero attached hydrogens (tertiary/aromatic N) is 1. The zero-order valence-corrected chi connectivity index (χ0v) is 13.0. The van der Waals surface area contributed by atoms with Gasteiger partial charge in [-0.2, -0.15) is 0 Å². The van der Waals surface area contributed by atoms with Crippen molar-refractivity contribution >= 4 is 17.3 Å². The molecule has 0 amide bonds. The number of rotatable bonds is 4. The number of carbonyl (C=O) groups is 1. The number of aromatic carboxylic acids is 1. The van der Waals surface area contributed by atoms with Crippen molar-refractivity contribution in [3.05, 3.63) is 39.9 Å². The summed E-state index contributed by atoms with van der Waals surface area (Å²) in [6.45, 7) is 8.26. The number of aryl methyl sites for hydroxylation is 2. The average molecular weight is 289 g/mol. The molecule has 1 N–H and O–H groups in total. The Morgan fingerprint density at radius 3 is 2.55 bits per heavy atom. The predicted molar refractivity (Wildman–Crippen MR) is 82.5 cm³/mol. The minimum atomic E-state index is -0.881. The highest BCUT2D eigenvalue weighted by atomic mass is 32.1. The Balaban J connectivity index is 2.46. The third-order valence-corrected chi connectivity index (χ3v) is 4.38. The first-order valence-electron chi connectivity index (χ1n) is 6.69. The Bertz CT molecular complexity index is 644. The molecule has 0 aliphatic heterocycles. The highest BCUT2D eigenvalue weighted by Gasteiger charge is 2.19. The van der Waals surface area contributed by atoms with Crippen molar-refractivity contribution in [2.75, 3.05) is 0 Å². The van der Waals surface area contributed by atoms with Crippen LogP contribution < -0.4 is 0 Å². The predicted octanol–water partition coefficient (Wildman–Crippen LogP) is 4.32. The van der Waals surface area contributed by atoms with Crippen LogP contribution in [-0.4, -0.2) is 16.1 Å². The van der Waals surface area contributed by atoms with Gasteiger partial charge in [-0.3, -0.25) is 0 Å². The van der Waals surface area contributed by atoms with Crippen molar-refractivity contribution < 1.29 is 9.90 Å². The Labute approximate surface area is 123 Å². The zero-order chi connectivity index (χ0) is 14.9.